The Bertz CT molecular complexity index is 461. The summed E-state index contributed by atoms with van der Waals surface area (Å²) >= 11 is 0. The van der Waals surface area contributed by atoms with Crippen LogP contribution in [0.4, 0.5) is 0 Å². The summed E-state index contributed by atoms with van der Waals surface area (Å²) in [7, 11) is 9.39. The lowest BCUT2D eigenvalue weighted by atomic mass is 9.72. The van der Waals surface area contributed by atoms with E-state index in [1.165, 1.54) is 0 Å². The van der Waals surface area contributed by atoms with E-state index in [9.17, 15) is 5.11 Å². The Morgan fingerprint density at radius 3 is 2.10 bits per heavy atom. The zero-order chi connectivity index (χ0) is 21.2. The third kappa shape index (κ3) is 7.53. The predicted octanol–water partition coefficient (Wildman–Crippen LogP) is 1.24. The van der Waals surface area contributed by atoms with Crippen LogP contribution in [0.15, 0.2) is 0 Å². The minimum Gasteiger partial charge on any atom is -0.388 e. The molecule has 29 heavy (non-hydrogen) atoms. The van der Waals surface area contributed by atoms with Gasteiger partial charge in [-0.25, -0.2) is 0 Å². The van der Waals surface area contributed by atoms with Crippen molar-refractivity contribution in [1.82, 2.24) is 0 Å². The number of aliphatic hydroxyl groups is 1. The summed E-state index contributed by atoms with van der Waals surface area (Å²) in [5, 5.41) is 10.5. The third-order valence-electron chi connectivity index (χ3n) is 4.90. The zero-order valence-corrected chi connectivity index (χ0v) is 21.4. The predicted molar refractivity (Wildman–Crippen MR) is 125 cm³/mol. The fourth-order valence-electron chi connectivity index (χ4n) is 3.48. The van der Waals surface area contributed by atoms with Crippen molar-refractivity contribution < 1.29 is 37.8 Å². The van der Waals surface area contributed by atoms with E-state index in [2.05, 4.69) is 17.9 Å². The summed E-state index contributed by atoms with van der Waals surface area (Å²) in [6, 6.07) is -0.418. The first-order chi connectivity index (χ1) is 14.1. The fourth-order valence-corrected chi connectivity index (χ4v) is 5.28. The first-order valence-electron chi connectivity index (χ1n) is 9.68. The maximum Gasteiger partial charge on any atom is 0.149 e. The molecule has 2 aliphatic rings. The van der Waals surface area contributed by atoms with Gasteiger partial charge >= 0.3 is 0 Å². The Kier molecular flexibility index (Phi) is 13.5. The van der Waals surface area contributed by atoms with Gasteiger partial charge in [0.2, 0.25) is 0 Å². The lowest BCUT2D eigenvalue weighted by molar-refractivity contribution is -0.147. The molecule has 1 N–H and O–H groups in total. The SMILES string of the molecule is C[B][C@@H]1O[C@H](COCO[C@@H]2C(OPP)[C@H]([B]C)O[C@@H]2COCC)[C@H](O)C1OPP. The molecule has 6 unspecified atom stereocenters. The van der Waals surface area contributed by atoms with Gasteiger partial charge in [-0.05, 0) is 6.92 Å². The summed E-state index contributed by atoms with van der Waals surface area (Å²) in [5.74, 6) is 0. The van der Waals surface area contributed by atoms with E-state index in [0.717, 1.165) is 0 Å². The second-order valence-electron chi connectivity index (χ2n) is 6.62. The molecule has 8 nitrogen and oxygen atoms in total. The summed E-state index contributed by atoms with van der Waals surface area (Å²) in [5.41, 5.74) is 0. The molecule has 2 fully saturated rings. The van der Waals surface area contributed by atoms with Gasteiger partial charge in [0.25, 0.3) is 0 Å². The molecule has 0 spiro atoms. The number of aliphatic hydroxyl groups excluding tert-OH is 1. The van der Waals surface area contributed by atoms with Crippen LogP contribution >= 0.6 is 34.8 Å². The molecule has 0 aromatic heterocycles. The second-order valence-corrected chi connectivity index (χ2v) is 8.97. The molecular weight excluding hydrogens is 454 g/mol. The fraction of sp³-hybridized carbons (Fsp3) is 1.00. The van der Waals surface area contributed by atoms with Crippen molar-refractivity contribution in [2.75, 3.05) is 26.6 Å². The molecule has 0 saturated carbocycles. The standard InChI is InChI=1S/C15H32B2O8P4/c1-4-19-6-9-11(13(25-29-27)15(17-3)23-9)21-7-20-5-8-10(18)12(24-28-26)14(16-2)22-8/h8-15,18,28-29H,4-7,26-27H2,1-3H3/t8-,9-,10+,11+,12?,13?,14-,15-/m1/s1. The lowest BCUT2D eigenvalue weighted by Crippen LogP contribution is -2.40. The second kappa shape index (κ2) is 14.6. The van der Waals surface area contributed by atoms with Crippen LogP contribution in [0.25, 0.3) is 0 Å². The molecule has 2 rings (SSSR count). The van der Waals surface area contributed by atoms with Crippen LogP contribution in [-0.4, -0.2) is 94.9 Å². The number of hydrogen-bond donors (Lipinski definition) is 1. The van der Waals surface area contributed by atoms with Crippen LogP contribution in [0.3, 0.4) is 0 Å². The molecule has 0 amide bonds. The van der Waals surface area contributed by atoms with E-state index in [-0.39, 0.29) is 66.8 Å². The maximum absolute atomic E-state index is 10.5. The molecule has 2 radical (unpaired) electrons. The van der Waals surface area contributed by atoms with E-state index in [0.29, 0.717) is 13.2 Å². The molecule has 2 saturated heterocycles. The Hall–Kier alpha value is 1.53. The highest BCUT2D eigenvalue weighted by atomic mass is 32.0. The smallest absolute Gasteiger partial charge is 0.149 e. The molecule has 0 aromatic carbocycles. The number of rotatable bonds is 14. The van der Waals surface area contributed by atoms with Gasteiger partial charge in [-0.1, -0.05) is 31.5 Å². The first-order valence-corrected chi connectivity index (χ1v) is 15.1. The molecule has 14 heteroatoms. The minimum absolute atomic E-state index is 0.0386. The molecule has 0 bridgehead atoms. The Labute approximate surface area is 183 Å². The third-order valence-corrected chi connectivity index (χ3v) is 6.53. The summed E-state index contributed by atoms with van der Waals surface area (Å²) < 4.78 is 40.5. The molecule has 2 heterocycles. The lowest BCUT2D eigenvalue weighted by Gasteiger charge is -2.24. The highest BCUT2D eigenvalue weighted by Gasteiger charge is 2.46. The van der Waals surface area contributed by atoms with Crippen LogP contribution in [0.5, 0.6) is 0 Å². The van der Waals surface area contributed by atoms with Gasteiger partial charge in [-0.15, -0.1) is 0 Å². The minimum atomic E-state index is -0.752. The van der Waals surface area contributed by atoms with Crippen molar-refractivity contribution in [2.24, 2.45) is 0 Å². The molecular formula is C15H32B2O8P4. The van der Waals surface area contributed by atoms with Gasteiger partial charge in [0, 0.05) is 23.6 Å². The van der Waals surface area contributed by atoms with Crippen molar-refractivity contribution in [1.29, 1.82) is 0 Å². The Balaban J connectivity index is 1.84. The molecule has 12 atom stereocenters. The largest absolute Gasteiger partial charge is 0.388 e. The molecule has 166 valence electrons. The van der Waals surface area contributed by atoms with Gasteiger partial charge < -0.3 is 37.8 Å². The van der Waals surface area contributed by atoms with Crippen molar-refractivity contribution in [3.05, 3.63) is 0 Å². The average molecular weight is 486 g/mol. The zero-order valence-electron chi connectivity index (χ0n) is 17.1. The normalized spacial score (nSPS) is 38.0. The summed E-state index contributed by atoms with van der Waals surface area (Å²) in [6.07, 6.45) is -2.37. The van der Waals surface area contributed by atoms with Gasteiger partial charge in [0.1, 0.15) is 58.0 Å². The highest BCUT2D eigenvalue weighted by molar-refractivity contribution is 8.00. The van der Waals surface area contributed by atoms with Gasteiger partial charge in [0.05, 0.1) is 25.2 Å². The van der Waals surface area contributed by atoms with Crippen LogP contribution < -0.4 is 0 Å². The Morgan fingerprint density at radius 1 is 0.897 bits per heavy atom. The van der Waals surface area contributed by atoms with Crippen LogP contribution in [-0.2, 0) is 32.7 Å². The highest BCUT2D eigenvalue weighted by Crippen LogP contribution is 2.35. The maximum atomic E-state index is 10.5. The molecule has 2 aliphatic heterocycles. The van der Waals surface area contributed by atoms with Crippen LogP contribution in [0.2, 0.25) is 13.6 Å². The van der Waals surface area contributed by atoms with Crippen molar-refractivity contribution in [3.8, 4) is 0 Å². The average Bonchev–Trinajstić information content (AvgIpc) is 3.21. The van der Waals surface area contributed by atoms with Crippen molar-refractivity contribution in [3.63, 3.8) is 0 Å². The molecule has 0 aromatic rings. The van der Waals surface area contributed by atoms with Gasteiger partial charge in [0.15, 0.2) is 0 Å². The van der Waals surface area contributed by atoms with Crippen LogP contribution in [0.1, 0.15) is 6.92 Å². The number of hydrogen-bond acceptors (Lipinski definition) is 8. The quantitative estimate of drug-likeness (QED) is 0.170. The van der Waals surface area contributed by atoms with Gasteiger partial charge in [-0.3, -0.25) is 0 Å². The van der Waals surface area contributed by atoms with E-state index < -0.39 is 12.2 Å². The van der Waals surface area contributed by atoms with E-state index in [4.69, 9.17) is 32.7 Å². The summed E-state index contributed by atoms with van der Waals surface area (Å²) in [4.78, 5) is 0. The van der Waals surface area contributed by atoms with Crippen molar-refractivity contribution >= 4 is 49.4 Å². The summed E-state index contributed by atoms with van der Waals surface area (Å²) in [6.45, 7) is 7.05. The van der Waals surface area contributed by atoms with Gasteiger partial charge in [-0.2, -0.15) is 0 Å². The van der Waals surface area contributed by atoms with E-state index >= 15 is 0 Å². The molecule has 0 aliphatic carbocycles. The van der Waals surface area contributed by atoms with E-state index in [1.54, 1.807) is 0 Å². The number of ether oxygens (including phenoxy) is 5. The Morgan fingerprint density at radius 2 is 1.48 bits per heavy atom. The van der Waals surface area contributed by atoms with E-state index in [1.807, 2.05) is 35.1 Å². The monoisotopic (exact) mass is 486 g/mol. The first kappa shape index (κ1) is 26.8. The van der Waals surface area contributed by atoms with Crippen molar-refractivity contribution in [2.45, 2.75) is 69.2 Å². The topological polar surface area (TPSA) is 84.8 Å². The van der Waals surface area contributed by atoms with Crippen LogP contribution in [0, 0.1) is 0 Å².